The fraction of sp³-hybridized carbons (Fsp3) is 0.0625. The number of ether oxygens (including phenoxy) is 1. The van der Waals surface area contributed by atoms with Gasteiger partial charge in [-0.2, -0.15) is 0 Å². The lowest BCUT2D eigenvalue weighted by atomic mass is 10.1. The van der Waals surface area contributed by atoms with Gasteiger partial charge in [-0.25, -0.2) is 4.98 Å². The number of nitrogens with zero attached hydrogens (tertiary/aromatic N) is 2. The van der Waals surface area contributed by atoms with E-state index in [0.29, 0.717) is 5.56 Å². The van der Waals surface area contributed by atoms with Gasteiger partial charge in [0.05, 0.1) is 23.1 Å². The lowest BCUT2D eigenvalue weighted by Gasteiger charge is -2.08. The molecule has 22 heavy (non-hydrogen) atoms. The number of hydrogen-bond acceptors (Lipinski definition) is 4. The number of hydrogen-bond donors (Lipinski definition) is 1. The minimum Gasteiger partial charge on any atom is -0.482 e. The van der Waals surface area contributed by atoms with Gasteiger partial charge in [-0.05, 0) is 17.7 Å². The van der Waals surface area contributed by atoms with Crippen LogP contribution in [-0.2, 0) is 6.61 Å². The minimum atomic E-state index is -0.444. The minimum absolute atomic E-state index is 0.0666. The summed E-state index contributed by atoms with van der Waals surface area (Å²) < 4.78 is 5.59. The first-order valence-corrected chi connectivity index (χ1v) is 6.68. The van der Waals surface area contributed by atoms with E-state index in [-0.39, 0.29) is 18.0 Å². The Kier molecular flexibility index (Phi) is 3.82. The molecule has 6 heteroatoms. The molecule has 0 fully saturated rings. The Morgan fingerprint density at radius 2 is 2.00 bits per heavy atom. The number of rotatable bonds is 5. The zero-order valence-electron chi connectivity index (χ0n) is 11.6. The van der Waals surface area contributed by atoms with Crippen LogP contribution in [0.3, 0.4) is 0 Å². The van der Waals surface area contributed by atoms with E-state index in [9.17, 15) is 10.1 Å². The third-order valence-electron chi connectivity index (χ3n) is 3.20. The Morgan fingerprint density at radius 3 is 2.68 bits per heavy atom. The van der Waals surface area contributed by atoms with Crippen LogP contribution >= 0.6 is 0 Å². The first kappa shape index (κ1) is 13.8. The predicted octanol–water partition coefficient (Wildman–Crippen LogP) is 3.56. The zero-order valence-corrected chi connectivity index (χ0v) is 11.6. The van der Waals surface area contributed by atoms with E-state index in [2.05, 4.69) is 9.97 Å². The number of benzene rings is 2. The Bertz CT molecular complexity index is 771. The lowest BCUT2D eigenvalue weighted by Crippen LogP contribution is -1.99. The normalized spacial score (nSPS) is 10.4. The number of nitrogens with one attached hydrogen (secondary N) is 1. The van der Waals surface area contributed by atoms with Crippen molar-refractivity contribution in [3.05, 3.63) is 76.7 Å². The van der Waals surface area contributed by atoms with Gasteiger partial charge in [0.15, 0.2) is 5.75 Å². The molecular weight excluding hydrogens is 282 g/mol. The van der Waals surface area contributed by atoms with E-state index < -0.39 is 4.92 Å². The summed E-state index contributed by atoms with van der Waals surface area (Å²) in [5.41, 5.74) is 2.30. The summed E-state index contributed by atoms with van der Waals surface area (Å²) in [5, 5.41) is 11.3. The maximum Gasteiger partial charge on any atom is 0.311 e. The molecule has 110 valence electrons. The monoisotopic (exact) mass is 295 g/mol. The van der Waals surface area contributed by atoms with Crippen LogP contribution in [0, 0.1) is 10.1 Å². The highest BCUT2D eigenvalue weighted by molar-refractivity contribution is 5.65. The van der Waals surface area contributed by atoms with Crippen LogP contribution in [-0.4, -0.2) is 14.9 Å². The number of aromatic amines is 1. The Balaban J connectivity index is 1.86. The molecule has 0 saturated carbocycles. The van der Waals surface area contributed by atoms with Crippen molar-refractivity contribution >= 4 is 5.69 Å². The summed E-state index contributed by atoms with van der Waals surface area (Å²) in [5.74, 6) is 0.247. The first-order chi connectivity index (χ1) is 10.7. The standard InChI is InChI=1S/C16H13N3O3/c20-19(21)15-8-13(14-9-17-11-18-14)6-7-16(15)22-10-12-4-2-1-3-5-12/h1-9,11H,10H2,(H,17,18). The fourth-order valence-electron chi connectivity index (χ4n) is 2.10. The highest BCUT2D eigenvalue weighted by Gasteiger charge is 2.17. The van der Waals surface area contributed by atoms with Crippen molar-refractivity contribution in [1.29, 1.82) is 0 Å². The molecule has 2 aromatic carbocycles. The molecule has 0 aliphatic heterocycles. The second kappa shape index (κ2) is 6.09. The van der Waals surface area contributed by atoms with Crippen LogP contribution in [0.5, 0.6) is 5.75 Å². The number of imidazole rings is 1. The van der Waals surface area contributed by atoms with Crippen LogP contribution in [0.15, 0.2) is 61.1 Å². The lowest BCUT2D eigenvalue weighted by molar-refractivity contribution is -0.385. The SMILES string of the molecule is O=[N+]([O-])c1cc(-c2cnc[nH]2)ccc1OCc1ccccc1. The molecule has 0 amide bonds. The first-order valence-electron chi connectivity index (χ1n) is 6.68. The predicted molar refractivity (Wildman–Crippen MR) is 81.5 cm³/mol. The smallest absolute Gasteiger partial charge is 0.311 e. The molecule has 0 atom stereocenters. The topological polar surface area (TPSA) is 81.0 Å². The number of aromatic nitrogens is 2. The van der Waals surface area contributed by atoms with Gasteiger partial charge in [-0.15, -0.1) is 0 Å². The summed E-state index contributed by atoms with van der Waals surface area (Å²) in [6, 6.07) is 14.4. The molecule has 1 heterocycles. The van der Waals surface area contributed by atoms with Crippen LogP contribution in [0.1, 0.15) is 5.56 Å². The quantitative estimate of drug-likeness (QED) is 0.576. The fourth-order valence-corrected chi connectivity index (χ4v) is 2.10. The summed E-state index contributed by atoms with van der Waals surface area (Å²) in [4.78, 5) is 17.6. The maximum atomic E-state index is 11.3. The number of H-pyrrole nitrogens is 1. The number of nitro benzene ring substituents is 1. The molecular formula is C16H13N3O3. The molecule has 3 rings (SSSR count). The molecule has 0 radical (unpaired) electrons. The molecule has 1 N–H and O–H groups in total. The second-order valence-corrected chi connectivity index (χ2v) is 4.68. The van der Waals surface area contributed by atoms with E-state index >= 15 is 0 Å². The van der Waals surface area contributed by atoms with Gasteiger partial charge in [-0.1, -0.05) is 30.3 Å². The van der Waals surface area contributed by atoms with Gasteiger partial charge in [0, 0.05) is 11.6 Å². The van der Waals surface area contributed by atoms with E-state index in [1.807, 2.05) is 30.3 Å². The summed E-state index contributed by atoms with van der Waals surface area (Å²) in [6.45, 7) is 0.283. The van der Waals surface area contributed by atoms with Crippen molar-refractivity contribution in [3.8, 4) is 17.0 Å². The van der Waals surface area contributed by atoms with Crippen molar-refractivity contribution in [2.75, 3.05) is 0 Å². The molecule has 0 bridgehead atoms. The molecule has 0 aliphatic rings. The third kappa shape index (κ3) is 2.95. The Labute approximate surface area is 126 Å². The third-order valence-corrected chi connectivity index (χ3v) is 3.20. The average Bonchev–Trinajstić information content (AvgIpc) is 3.08. The van der Waals surface area contributed by atoms with Crippen molar-refractivity contribution in [3.63, 3.8) is 0 Å². The maximum absolute atomic E-state index is 11.3. The van der Waals surface area contributed by atoms with Crippen molar-refractivity contribution in [2.45, 2.75) is 6.61 Å². The van der Waals surface area contributed by atoms with E-state index in [1.165, 1.54) is 12.4 Å². The van der Waals surface area contributed by atoms with Gasteiger partial charge < -0.3 is 9.72 Å². The van der Waals surface area contributed by atoms with E-state index in [1.54, 1.807) is 18.3 Å². The molecule has 6 nitrogen and oxygen atoms in total. The molecule has 1 aromatic heterocycles. The summed E-state index contributed by atoms with van der Waals surface area (Å²) in [7, 11) is 0. The molecule has 0 saturated heterocycles. The van der Waals surface area contributed by atoms with Crippen LogP contribution in [0.25, 0.3) is 11.3 Å². The van der Waals surface area contributed by atoms with Crippen molar-refractivity contribution in [2.24, 2.45) is 0 Å². The van der Waals surface area contributed by atoms with Gasteiger partial charge >= 0.3 is 5.69 Å². The highest BCUT2D eigenvalue weighted by Crippen LogP contribution is 2.32. The van der Waals surface area contributed by atoms with Gasteiger partial charge in [0.2, 0.25) is 0 Å². The van der Waals surface area contributed by atoms with Crippen LogP contribution < -0.4 is 4.74 Å². The van der Waals surface area contributed by atoms with Crippen LogP contribution in [0.4, 0.5) is 5.69 Å². The largest absolute Gasteiger partial charge is 0.482 e. The average molecular weight is 295 g/mol. The van der Waals surface area contributed by atoms with E-state index in [0.717, 1.165) is 11.3 Å². The Hall–Kier alpha value is -3.15. The van der Waals surface area contributed by atoms with Gasteiger partial charge in [0.1, 0.15) is 6.61 Å². The summed E-state index contributed by atoms with van der Waals surface area (Å²) >= 11 is 0. The zero-order chi connectivity index (χ0) is 15.4. The highest BCUT2D eigenvalue weighted by atomic mass is 16.6. The summed E-state index contributed by atoms with van der Waals surface area (Å²) in [6.07, 6.45) is 3.14. The second-order valence-electron chi connectivity index (χ2n) is 4.68. The van der Waals surface area contributed by atoms with Crippen molar-refractivity contribution in [1.82, 2.24) is 9.97 Å². The number of nitro groups is 1. The molecule has 0 aliphatic carbocycles. The molecule has 3 aromatic rings. The molecule has 0 unspecified atom stereocenters. The van der Waals surface area contributed by atoms with E-state index in [4.69, 9.17) is 4.74 Å². The van der Waals surface area contributed by atoms with Crippen molar-refractivity contribution < 1.29 is 9.66 Å². The van der Waals surface area contributed by atoms with Gasteiger partial charge in [0.25, 0.3) is 0 Å². The van der Waals surface area contributed by atoms with Gasteiger partial charge in [-0.3, -0.25) is 10.1 Å². The van der Waals surface area contributed by atoms with Crippen LogP contribution in [0.2, 0.25) is 0 Å². The Morgan fingerprint density at radius 1 is 1.18 bits per heavy atom. The molecule has 0 spiro atoms.